The fourth-order valence-corrected chi connectivity index (χ4v) is 4.19. The first-order chi connectivity index (χ1) is 14.9. The number of hydrogen-bond acceptors (Lipinski definition) is 4. The highest BCUT2D eigenvalue weighted by Crippen LogP contribution is 2.27. The first-order valence-corrected chi connectivity index (χ1v) is 12.5. The summed E-state index contributed by atoms with van der Waals surface area (Å²) in [7, 11) is -3.59. The van der Waals surface area contributed by atoms with Gasteiger partial charge in [-0.05, 0) is 60.1 Å². The molecule has 1 amide bonds. The van der Waals surface area contributed by atoms with Crippen molar-refractivity contribution < 1.29 is 21.8 Å². The number of rotatable bonds is 10. The van der Waals surface area contributed by atoms with E-state index < -0.39 is 10.1 Å². The quantitative estimate of drug-likeness (QED) is 0.434. The average Bonchev–Trinajstić information content (AvgIpc) is 2.68. The topological polar surface area (TPSA) is 63.7 Å². The Balaban J connectivity index is 2.16. The minimum atomic E-state index is -3.59. The third-order valence-electron chi connectivity index (χ3n) is 5.00. The summed E-state index contributed by atoms with van der Waals surface area (Å²) in [4.78, 5) is 14.9. The molecule has 0 fully saturated rings. The number of benzene rings is 2. The second-order valence-corrected chi connectivity index (χ2v) is 11.4. The van der Waals surface area contributed by atoms with Gasteiger partial charge in [0.2, 0.25) is 5.91 Å². The summed E-state index contributed by atoms with van der Waals surface area (Å²) in [6, 6.07) is 12.8. The van der Waals surface area contributed by atoms with E-state index in [0.717, 1.165) is 17.5 Å². The Bertz CT molecular complexity index is 980. The van der Waals surface area contributed by atoms with Gasteiger partial charge >= 0.3 is 10.1 Å². The van der Waals surface area contributed by atoms with Gasteiger partial charge in [0.15, 0.2) is 0 Å². The van der Waals surface area contributed by atoms with Crippen LogP contribution in [0.1, 0.15) is 58.6 Å². The second-order valence-electron chi connectivity index (χ2n) is 9.52. The van der Waals surface area contributed by atoms with Crippen molar-refractivity contribution in [3.8, 4) is 5.75 Å². The zero-order valence-electron chi connectivity index (χ0n) is 19.6. The van der Waals surface area contributed by atoms with Crippen molar-refractivity contribution in [2.45, 2.75) is 60.5 Å². The van der Waals surface area contributed by atoms with Crippen LogP contribution in [0.5, 0.6) is 5.75 Å². The smallest absolute Gasteiger partial charge is 0.308 e. The predicted octanol–water partition coefficient (Wildman–Crippen LogP) is 5.55. The van der Waals surface area contributed by atoms with Gasteiger partial charge in [0.1, 0.15) is 11.6 Å². The van der Waals surface area contributed by atoms with Gasteiger partial charge < -0.3 is 9.08 Å². The van der Waals surface area contributed by atoms with Crippen LogP contribution in [0.15, 0.2) is 48.5 Å². The molecular formula is C25H34FNO4S. The Kier molecular flexibility index (Phi) is 8.84. The molecule has 0 saturated carbocycles. The number of amides is 1. The number of halogens is 1. The maximum absolute atomic E-state index is 13.3. The molecule has 0 heterocycles. The van der Waals surface area contributed by atoms with Crippen LogP contribution in [0.3, 0.4) is 0 Å². The lowest BCUT2D eigenvalue weighted by atomic mass is 9.84. The third-order valence-corrected chi connectivity index (χ3v) is 6.15. The Morgan fingerprint density at radius 1 is 1.00 bits per heavy atom. The van der Waals surface area contributed by atoms with Gasteiger partial charge in [-0.3, -0.25) is 4.79 Å². The first-order valence-electron chi connectivity index (χ1n) is 10.9. The maximum Gasteiger partial charge on any atom is 0.308 e. The van der Waals surface area contributed by atoms with Crippen LogP contribution in [0.4, 0.5) is 4.39 Å². The molecule has 0 spiro atoms. The minimum Gasteiger partial charge on any atom is -0.382 e. The van der Waals surface area contributed by atoms with Crippen LogP contribution in [-0.4, -0.2) is 25.0 Å². The lowest BCUT2D eigenvalue weighted by Crippen LogP contribution is -2.31. The summed E-state index contributed by atoms with van der Waals surface area (Å²) in [5.41, 5.74) is 1.83. The molecule has 0 aromatic heterocycles. The zero-order chi connectivity index (χ0) is 23.9. The molecule has 176 valence electrons. The molecular weight excluding hydrogens is 429 g/mol. The van der Waals surface area contributed by atoms with Gasteiger partial charge in [-0.1, -0.05) is 52.0 Å². The Hall–Kier alpha value is -2.41. The Morgan fingerprint density at radius 3 is 1.97 bits per heavy atom. The molecule has 1 atom stereocenters. The van der Waals surface area contributed by atoms with E-state index >= 15 is 0 Å². The van der Waals surface area contributed by atoms with Crippen LogP contribution in [0.25, 0.3) is 0 Å². The number of carbonyl (C=O) groups excluding carboxylic acids is 1. The van der Waals surface area contributed by atoms with E-state index in [9.17, 15) is 17.6 Å². The molecule has 7 heteroatoms. The van der Waals surface area contributed by atoms with Crippen molar-refractivity contribution in [1.82, 2.24) is 4.90 Å². The monoisotopic (exact) mass is 463 g/mol. The molecule has 2 aromatic carbocycles. The van der Waals surface area contributed by atoms with Gasteiger partial charge in [-0.25, -0.2) is 4.39 Å². The Morgan fingerprint density at radius 2 is 1.50 bits per heavy atom. The third kappa shape index (κ3) is 8.99. The van der Waals surface area contributed by atoms with E-state index in [0.29, 0.717) is 19.5 Å². The molecule has 0 radical (unpaired) electrons. The van der Waals surface area contributed by atoms with E-state index in [1.807, 2.05) is 0 Å². The van der Waals surface area contributed by atoms with Crippen LogP contribution >= 0.6 is 0 Å². The van der Waals surface area contributed by atoms with E-state index in [4.69, 9.17) is 4.18 Å². The van der Waals surface area contributed by atoms with Gasteiger partial charge in [0, 0.05) is 19.5 Å². The van der Waals surface area contributed by atoms with Gasteiger partial charge in [-0.15, -0.1) is 0 Å². The predicted molar refractivity (Wildman–Crippen MR) is 125 cm³/mol. The second kappa shape index (κ2) is 10.9. The van der Waals surface area contributed by atoms with E-state index in [-0.39, 0.29) is 34.6 Å². The molecule has 0 bridgehead atoms. The molecule has 2 aromatic rings. The van der Waals surface area contributed by atoms with Crippen molar-refractivity contribution in [2.75, 3.05) is 5.75 Å². The largest absolute Gasteiger partial charge is 0.382 e. The highest BCUT2D eigenvalue weighted by Gasteiger charge is 2.22. The minimum absolute atomic E-state index is 0.0277. The van der Waals surface area contributed by atoms with E-state index in [1.54, 1.807) is 41.3 Å². The molecule has 0 saturated heterocycles. The number of hydrogen-bond donors (Lipinski definition) is 0. The fraction of sp³-hybridized carbons (Fsp3) is 0.480. The molecule has 32 heavy (non-hydrogen) atoms. The fourth-order valence-electron chi connectivity index (χ4n) is 3.66. The summed E-state index contributed by atoms with van der Waals surface area (Å²) in [5, 5.41) is 0. The zero-order valence-corrected chi connectivity index (χ0v) is 20.4. The Labute approximate surface area is 191 Å². The number of carbonyl (C=O) groups is 1. The molecule has 2 rings (SSSR count). The molecule has 0 aliphatic carbocycles. The van der Waals surface area contributed by atoms with Crippen molar-refractivity contribution in [3.63, 3.8) is 0 Å². The summed E-state index contributed by atoms with van der Waals surface area (Å²) in [6.45, 7) is 10.8. The SMILES string of the molecule is CCS(=O)(=O)Oc1ccc(CN(Cc2ccc(F)cc2)C(=O)CC(C)CC(C)(C)C)cc1. The van der Waals surface area contributed by atoms with Gasteiger partial charge in [0.05, 0.1) is 5.75 Å². The van der Waals surface area contributed by atoms with Crippen molar-refractivity contribution >= 4 is 16.0 Å². The molecule has 5 nitrogen and oxygen atoms in total. The standard InChI is InChI=1S/C25H34FNO4S/c1-6-32(29,30)31-23-13-9-21(10-14-23)18-27(17-20-7-11-22(26)12-8-20)24(28)15-19(2)16-25(3,4)5/h7-14,19H,6,15-18H2,1-5H3. The normalized spacial score (nSPS) is 12.9. The summed E-state index contributed by atoms with van der Waals surface area (Å²) < 4.78 is 41.6. The lowest BCUT2D eigenvalue weighted by molar-refractivity contribution is -0.133. The van der Waals surface area contributed by atoms with Crippen LogP contribution in [0, 0.1) is 17.2 Å². The molecule has 0 aliphatic rings. The van der Waals surface area contributed by atoms with E-state index in [1.165, 1.54) is 19.1 Å². The highest BCUT2D eigenvalue weighted by molar-refractivity contribution is 7.87. The summed E-state index contributed by atoms with van der Waals surface area (Å²) in [6.07, 6.45) is 1.36. The first kappa shape index (κ1) is 25.8. The van der Waals surface area contributed by atoms with Crippen molar-refractivity contribution in [1.29, 1.82) is 0 Å². The summed E-state index contributed by atoms with van der Waals surface area (Å²) >= 11 is 0. The molecule has 1 unspecified atom stereocenters. The van der Waals surface area contributed by atoms with Crippen LogP contribution in [0.2, 0.25) is 0 Å². The maximum atomic E-state index is 13.3. The van der Waals surface area contributed by atoms with Gasteiger partial charge in [-0.2, -0.15) is 8.42 Å². The molecule has 0 aliphatic heterocycles. The summed E-state index contributed by atoms with van der Waals surface area (Å²) in [5.74, 6) is 0.0728. The lowest BCUT2D eigenvalue weighted by Gasteiger charge is -2.27. The van der Waals surface area contributed by atoms with Crippen LogP contribution in [-0.2, 0) is 28.0 Å². The highest BCUT2D eigenvalue weighted by atomic mass is 32.2. The van der Waals surface area contributed by atoms with Crippen LogP contribution < -0.4 is 4.18 Å². The number of nitrogens with zero attached hydrogens (tertiary/aromatic N) is 1. The van der Waals surface area contributed by atoms with Crippen molar-refractivity contribution in [2.24, 2.45) is 11.3 Å². The van der Waals surface area contributed by atoms with Gasteiger partial charge in [0.25, 0.3) is 0 Å². The molecule has 0 N–H and O–H groups in total. The van der Waals surface area contributed by atoms with E-state index in [2.05, 4.69) is 27.7 Å². The van der Waals surface area contributed by atoms with Crippen molar-refractivity contribution in [3.05, 3.63) is 65.5 Å². The average molecular weight is 464 g/mol.